The third-order valence-electron chi connectivity index (χ3n) is 4.72. The van der Waals surface area contributed by atoms with Crippen LogP contribution in [0.4, 0.5) is 4.39 Å². The maximum atomic E-state index is 14.5. The quantitative estimate of drug-likeness (QED) is 0.476. The van der Waals surface area contributed by atoms with E-state index in [4.69, 9.17) is 0 Å². The number of hydrogen-bond acceptors (Lipinski definition) is 0. The summed E-state index contributed by atoms with van der Waals surface area (Å²) in [7, 11) is 0. The molecule has 0 unspecified atom stereocenters. The molecule has 0 aromatic heterocycles. The Balaban J connectivity index is 3.42. The lowest BCUT2D eigenvalue weighted by molar-refractivity contribution is 0.331. The van der Waals surface area contributed by atoms with Gasteiger partial charge in [-0.25, -0.2) is 4.39 Å². The lowest BCUT2D eigenvalue weighted by atomic mass is 9.77. The van der Waals surface area contributed by atoms with E-state index in [0.29, 0.717) is 5.92 Å². The van der Waals surface area contributed by atoms with Crippen molar-refractivity contribution in [3.8, 4) is 0 Å². The Hall–Kier alpha value is -1.37. The van der Waals surface area contributed by atoms with E-state index in [9.17, 15) is 4.39 Å². The first-order valence-corrected chi connectivity index (χ1v) is 8.28. The van der Waals surface area contributed by atoms with Gasteiger partial charge in [-0.15, -0.1) is 0 Å². The molecular weight excluding hydrogens is 271 g/mol. The summed E-state index contributed by atoms with van der Waals surface area (Å²) >= 11 is 0. The number of allylic oxidation sites excluding steroid dienone is 10. The van der Waals surface area contributed by atoms with E-state index in [1.165, 1.54) is 0 Å². The van der Waals surface area contributed by atoms with Gasteiger partial charge in [0.1, 0.15) is 5.83 Å². The highest BCUT2D eigenvalue weighted by atomic mass is 19.1. The zero-order valence-electron chi connectivity index (χ0n) is 15.3. The first-order valence-electron chi connectivity index (χ1n) is 8.28. The zero-order chi connectivity index (χ0) is 16.9. The Morgan fingerprint density at radius 1 is 1.27 bits per heavy atom. The topological polar surface area (TPSA) is 0 Å². The Bertz CT molecular complexity index is 548. The molecule has 0 aromatic rings. The Labute approximate surface area is 136 Å². The maximum Gasteiger partial charge on any atom is 0.126 e. The average molecular weight is 302 g/mol. The summed E-state index contributed by atoms with van der Waals surface area (Å²) in [6, 6.07) is 0. The normalized spacial score (nSPS) is 18.5. The minimum atomic E-state index is -0.0669. The van der Waals surface area contributed by atoms with Gasteiger partial charge in [0.05, 0.1) is 0 Å². The van der Waals surface area contributed by atoms with Crippen LogP contribution < -0.4 is 0 Å². The Kier molecular flexibility index (Phi) is 6.59. The van der Waals surface area contributed by atoms with Gasteiger partial charge in [0, 0.05) is 0 Å². The van der Waals surface area contributed by atoms with Crippen LogP contribution in [0.2, 0.25) is 0 Å². The van der Waals surface area contributed by atoms with Crippen molar-refractivity contribution in [1.82, 2.24) is 0 Å². The summed E-state index contributed by atoms with van der Waals surface area (Å²) in [6.45, 7) is 15.0. The van der Waals surface area contributed by atoms with Crippen molar-refractivity contribution in [1.29, 1.82) is 0 Å². The van der Waals surface area contributed by atoms with Crippen LogP contribution in [0.25, 0.3) is 0 Å². The molecule has 0 atom stereocenters. The summed E-state index contributed by atoms with van der Waals surface area (Å²) in [4.78, 5) is 0. The largest absolute Gasteiger partial charge is 0.207 e. The predicted molar refractivity (Wildman–Crippen MR) is 96.4 cm³/mol. The molecule has 0 radical (unpaired) electrons. The van der Waals surface area contributed by atoms with E-state index in [1.807, 2.05) is 26.0 Å². The lowest BCUT2D eigenvalue weighted by Crippen LogP contribution is -2.17. The van der Waals surface area contributed by atoms with Crippen LogP contribution in [0.5, 0.6) is 0 Å². The van der Waals surface area contributed by atoms with Crippen LogP contribution in [-0.4, -0.2) is 0 Å². The highest BCUT2D eigenvalue weighted by Crippen LogP contribution is 2.38. The minimum absolute atomic E-state index is 0.0316. The molecule has 0 aromatic carbocycles. The van der Waals surface area contributed by atoms with E-state index < -0.39 is 0 Å². The Morgan fingerprint density at radius 2 is 1.91 bits per heavy atom. The van der Waals surface area contributed by atoms with Crippen molar-refractivity contribution in [2.24, 2.45) is 11.3 Å². The molecule has 1 heteroatoms. The van der Waals surface area contributed by atoms with Gasteiger partial charge in [0.25, 0.3) is 0 Å². The molecule has 0 aliphatic heterocycles. The van der Waals surface area contributed by atoms with Gasteiger partial charge in [-0.2, -0.15) is 0 Å². The van der Waals surface area contributed by atoms with Crippen LogP contribution in [0.15, 0.2) is 58.5 Å². The maximum absolute atomic E-state index is 14.5. The third kappa shape index (κ3) is 4.83. The molecule has 0 saturated heterocycles. The fraction of sp³-hybridized carbons (Fsp3) is 0.524. The second-order valence-corrected chi connectivity index (χ2v) is 7.23. The van der Waals surface area contributed by atoms with Crippen LogP contribution in [0.3, 0.4) is 0 Å². The molecule has 0 fully saturated rings. The molecule has 1 aliphatic rings. The van der Waals surface area contributed by atoms with Crippen molar-refractivity contribution >= 4 is 0 Å². The second-order valence-electron chi connectivity index (χ2n) is 7.23. The lowest BCUT2D eigenvalue weighted by Gasteiger charge is -2.28. The molecule has 0 N–H and O–H groups in total. The third-order valence-corrected chi connectivity index (χ3v) is 4.72. The fourth-order valence-electron chi connectivity index (χ4n) is 2.39. The molecule has 1 aliphatic carbocycles. The number of halogens is 1. The van der Waals surface area contributed by atoms with Gasteiger partial charge in [-0.3, -0.25) is 0 Å². The summed E-state index contributed by atoms with van der Waals surface area (Å²) in [5.41, 5.74) is 4.21. The molecule has 0 amide bonds. The van der Waals surface area contributed by atoms with Crippen LogP contribution >= 0.6 is 0 Å². The van der Waals surface area contributed by atoms with Gasteiger partial charge in [-0.05, 0) is 67.7 Å². The van der Waals surface area contributed by atoms with Crippen molar-refractivity contribution in [2.45, 2.75) is 61.3 Å². The monoisotopic (exact) mass is 302 g/mol. The summed E-state index contributed by atoms with van der Waals surface area (Å²) in [6.07, 6.45) is 11.8. The smallest absolute Gasteiger partial charge is 0.126 e. The van der Waals surface area contributed by atoms with Crippen LogP contribution in [0.1, 0.15) is 61.3 Å². The van der Waals surface area contributed by atoms with Gasteiger partial charge >= 0.3 is 0 Å². The zero-order valence-corrected chi connectivity index (χ0v) is 15.3. The van der Waals surface area contributed by atoms with Gasteiger partial charge in [-0.1, -0.05) is 57.6 Å². The van der Waals surface area contributed by atoms with Crippen molar-refractivity contribution in [3.63, 3.8) is 0 Å². The summed E-state index contributed by atoms with van der Waals surface area (Å²) < 4.78 is 14.5. The van der Waals surface area contributed by atoms with E-state index in [1.54, 1.807) is 6.08 Å². The van der Waals surface area contributed by atoms with Gasteiger partial charge < -0.3 is 0 Å². The van der Waals surface area contributed by atoms with Crippen molar-refractivity contribution in [2.75, 3.05) is 0 Å². The first-order chi connectivity index (χ1) is 10.2. The summed E-state index contributed by atoms with van der Waals surface area (Å²) in [5.74, 6) is 0.435. The van der Waals surface area contributed by atoms with E-state index in [0.717, 1.165) is 35.1 Å². The highest BCUT2D eigenvalue weighted by Gasteiger charge is 2.24. The first kappa shape index (κ1) is 18.7. The molecule has 0 nitrogen and oxygen atoms in total. The number of rotatable bonds is 5. The molecule has 0 saturated carbocycles. The van der Waals surface area contributed by atoms with E-state index >= 15 is 0 Å². The van der Waals surface area contributed by atoms with Gasteiger partial charge in [0.15, 0.2) is 0 Å². The molecule has 22 heavy (non-hydrogen) atoms. The molecular formula is C21H31F. The van der Waals surface area contributed by atoms with Crippen molar-refractivity contribution in [3.05, 3.63) is 58.5 Å². The van der Waals surface area contributed by atoms with Crippen molar-refractivity contribution < 1.29 is 4.39 Å². The number of hydrogen-bond donors (Lipinski definition) is 0. The predicted octanol–water partition coefficient (Wildman–Crippen LogP) is 7.08. The SMILES string of the molecule is C\C=C/C=C(C)\C(=C\C(C)(C)C(C)C)C1=C(F)C=C(C)CC1. The summed E-state index contributed by atoms with van der Waals surface area (Å²) in [5, 5.41) is 0. The minimum Gasteiger partial charge on any atom is -0.207 e. The molecule has 122 valence electrons. The molecule has 0 bridgehead atoms. The standard InChI is InChI=1S/C21H31F/c1-8-9-10-17(5)19(14-21(6,7)15(2)3)18-12-11-16(4)13-20(18)22/h8-10,13-15H,11-12H2,1-7H3/b9-8-,17-10-,19-14-. The average Bonchev–Trinajstić information content (AvgIpc) is 2.42. The molecule has 0 spiro atoms. The van der Waals surface area contributed by atoms with Gasteiger partial charge in [0.2, 0.25) is 0 Å². The highest BCUT2D eigenvalue weighted by molar-refractivity contribution is 5.52. The van der Waals surface area contributed by atoms with Crippen LogP contribution in [0, 0.1) is 11.3 Å². The molecule has 1 rings (SSSR count). The van der Waals surface area contributed by atoms with E-state index in [2.05, 4.69) is 46.8 Å². The fourth-order valence-corrected chi connectivity index (χ4v) is 2.39. The Morgan fingerprint density at radius 3 is 2.41 bits per heavy atom. The molecule has 0 heterocycles. The second kappa shape index (κ2) is 7.76. The van der Waals surface area contributed by atoms with E-state index in [-0.39, 0.29) is 11.2 Å². The van der Waals surface area contributed by atoms with Crippen LogP contribution in [-0.2, 0) is 0 Å².